The zero-order valence-electron chi connectivity index (χ0n) is 27.4. The molecule has 14 atom stereocenters. The van der Waals surface area contributed by atoms with E-state index < -0.39 is 105 Å². The molecule has 4 bridgehead atoms. The average Bonchev–Trinajstić information content (AvgIpc) is 3.76. The molecule has 48 heavy (non-hydrogen) atoms. The number of fused-ring (bicyclic) bond motifs is 4. The van der Waals surface area contributed by atoms with Crippen LogP contribution in [0.25, 0.3) is 0 Å². The van der Waals surface area contributed by atoms with Crippen molar-refractivity contribution in [1.29, 1.82) is 0 Å². The zero-order chi connectivity index (χ0) is 34.8. The van der Waals surface area contributed by atoms with Gasteiger partial charge in [0.25, 0.3) is 5.97 Å². The third-order valence-electron chi connectivity index (χ3n) is 13.1. The third kappa shape index (κ3) is 2.98. The number of hydrogen-bond donors (Lipinski definition) is 3. The van der Waals surface area contributed by atoms with Crippen LogP contribution in [0.2, 0.25) is 0 Å². The SMILES string of the molecule is COC(=O)[C@@H](O)C1[C@@]2(C)[C@@]3(O)C[C@@]1(C)[C@@H](OC(C)=O)[C@@]3(O)[C@H]1O[C@]3(C)O[C@]24C[C@@H](OC(C)=O)[C@@]2(C)C(=CC(=O)O[C@H]2c2ccoc2)[C@]14O3. The first-order valence-electron chi connectivity index (χ1n) is 15.9. The number of aliphatic hydroxyl groups excluding tert-OH is 1. The van der Waals surface area contributed by atoms with Crippen molar-refractivity contribution in [3.05, 3.63) is 35.8 Å². The van der Waals surface area contributed by atoms with Crippen molar-refractivity contribution in [3.63, 3.8) is 0 Å². The predicted octanol–water partition coefficient (Wildman–Crippen LogP) is 0.730. The number of methoxy groups -OCH3 is 1. The lowest BCUT2D eigenvalue weighted by atomic mass is 9.34. The maximum atomic E-state index is 13.6. The molecule has 0 radical (unpaired) electrons. The lowest BCUT2D eigenvalue weighted by molar-refractivity contribution is -0.449. The van der Waals surface area contributed by atoms with Gasteiger partial charge in [-0.3, -0.25) is 9.59 Å². The monoisotopic (exact) mass is 674 g/mol. The number of esters is 4. The molecule has 3 N–H and O–H groups in total. The van der Waals surface area contributed by atoms with Gasteiger partial charge in [-0.05, 0) is 25.0 Å². The Hall–Kier alpha value is -3.34. The molecule has 4 heterocycles. The first-order valence-corrected chi connectivity index (χ1v) is 15.9. The fourth-order valence-corrected chi connectivity index (χ4v) is 11.9. The molecule has 1 unspecified atom stereocenters. The molecule has 1 aromatic rings. The summed E-state index contributed by atoms with van der Waals surface area (Å²) < 4.78 is 48.2. The van der Waals surface area contributed by atoms with Crippen molar-refractivity contribution < 1.29 is 72.1 Å². The Bertz CT molecular complexity index is 1710. The summed E-state index contributed by atoms with van der Waals surface area (Å²) in [6.07, 6.45) is -3.88. The second-order valence-electron chi connectivity index (χ2n) is 15.1. The largest absolute Gasteiger partial charge is 0.472 e. The molecular formula is C33H38O15. The number of cyclic esters (lactones) is 1. The number of hydrogen-bond acceptors (Lipinski definition) is 15. The molecule has 1 aromatic heterocycles. The van der Waals surface area contributed by atoms with E-state index in [0.29, 0.717) is 5.56 Å². The molecule has 3 aliphatic heterocycles. The molecular weight excluding hydrogens is 636 g/mol. The topological polar surface area (TPSA) is 207 Å². The van der Waals surface area contributed by atoms with Crippen molar-refractivity contribution in [2.45, 2.75) is 113 Å². The normalized spacial score (nSPS) is 52.5. The summed E-state index contributed by atoms with van der Waals surface area (Å²) in [6.45, 7) is 8.71. The van der Waals surface area contributed by atoms with E-state index in [4.69, 9.17) is 37.6 Å². The van der Waals surface area contributed by atoms with Gasteiger partial charge in [-0.2, -0.15) is 0 Å². The molecule has 8 rings (SSSR count). The molecule has 4 aliphatic carbocycles. The Morgan fingerprint density at radius 1 is 1.04 bits per heavy atom. The van der Waals surface area contributed by atoms with E-state index in [0.717, 1.165) is 14.0 Å². The van der Waals surface area contributed by atoms with Gasteiger partial charge in [0.1, 0.15) is 35.6 Å². The molecule has 0 amide bonds. The standard InChI is InChI=1S/C33H38O15/c1-14(34)43-18-11-31-28(5)21(20(37)23(38)41-7)26(3)13-30(28,39)32(40,24(26)44-15(2)35)25-33(31,48-29(6,46-25)47-31)17-10-19(36)45-22(27(17,18)4)16-8-9-42-12-16/h8-10,12,18,20-22,24-25,37,39-40H,11,13H2,1-7H3/t18-,20+,21?,22+,24-,25-,26-,27-,28+,29-,30+,31-,32-,33+/m1/s1. The summed E-state index contributed by atoms with van der Waals surface area (Å²) in [5, 5.41) is 38.2. The zero-order valence-corrected chi connectivity index (χ0v) is 27.4. The van der Waals surface area contributed by atoms with Crippen molar-refractivity contribution in [3.8, 4) is 0 Å². The predicted molar refractivity (Wildman–Crippen MR) is 153 cm³/mol. The Balaban J connectivity index is 1.49. The van der Waals surface area contributed by atoms with Gasteiger partial charge >= 0.3 is 23.9 Å². The number of carbonyl (C=O) groups is 4. The average molecular weight is 675 g/mol. The minimum atomic E-state index is -2.47. The Labute approximate surface area is 274 Å². The van der Waals surface area contributed by atoms with Crippen LogP contribution < -0.4 is 0 Å². The van der Waals surface area contributed by atoms with E-state index in [2.05, 4.69) is 0 Å². The quantitative estimate of drug-likeness (QED) is 0.291. The summed E-state index contributed by atoms with van der Waals surface area (Å²) in [4.78, 5) is 52.4. The van der Waals surface area contributed by atoms with Crippen LogP contribution in [0, 0.1) is 22.2 Å². The van der Waals surface area contributed by atoms with Gasteiger partial charge in [-0.1, -0.05) is 13.8 Å². The summed E-state index contributed by atoms with van der Waals surface area (Å²) in [6, 6.07) is 1.60. The van der Waals surface area contributed by atoms with Gasteiger partial charge in [0.2, 0.25) is 0 Å². The third-order valence-corrected chi connectivity index (χ3v) is 13.1. The molecule has 7 aliphatic rings. The highest BCUT2D eigenvalue weighted by atomic mass is 16.9. The lowest BCUT2D eigenvalue weighted by Crippen LogP contribution is -2.93. The maximum absolute atomic E-state index is 13.6. The molecule has 4 saturated carbocycles. The smallest absolute Gasteiger partial charge is 0.335 e. The molecule has 2 saturated heterocycles. The van der Waals surface area contributed by atoms with Crippen molar-refractivity contribution in [2.24, 2.45) is 22.2 Å². The molecule has 260 valence electrons. The number of rotatable bonds is 5. The van der Waals surface area contributed by atoms with Gasteiger partial charge < -0.3 is 52.9 Å². The van der Waals surface area contributed by atoms with Crippen LogP contribution >= 0.6 is 0 Å². The number of ether oxygens (including phenoxy) is 7. The Morgan fingerprint density at radius 3 is 2.33 bits per heavy atom. The van der Waals surface area contributed by atoms with Gasteiger partial charge in [0, 0.05) is 55.6 Å². The van der Waals surface area contributed by atoms with E-state index >= 15 is 0 Å². The van der Waals surface area contributed by atoms with E-state index in [9.17, 15) is 34.5 Å². The summed E-state index contributed by atoms with van der Waals surface area (Å²) in [5.41, 5.74) is -12.8. The van der Waals surface area contributed by atoms with Crippen molar-refractivity contribution in [1.82, 2.24) is 0 Å². The van der Waals surface area contributed by atoms with Crippen LogP contribution in [0.3, 0.4) is 0 Å². The van der Waals surface area contributed by atoms with E-state index in [1.165, 1.54) is 32.4 Å². The Kier molecular flexibility index (Phi) is 5.89. The van der Waals surface area contributed by atoms with Crippen molar-refractivity contribution in [2.75, 3.05) is 7.11 Å². The van der Waals surface area contributed by atoms with Crippen LogP contribution in [0.5, 0.6) is 0 Å². The van der Waals surface area contributed by atoms with Crippen molar-refractivity contribution >= 4 is 23.9 Å². The maximum Gasteiger partial charge on any atom is 0.335 e. The number of furan rings is 1. The fourth-order valence-electron chi connectivity index (χ4n) is 11.9. The lowest BCUT2D eigenvalue weighted by Gasteiger charge is -2.76. The van der Waals surface area contributed by atoms with Gasteiger partial charge in [-0.15, -0.1) is 0 Å². The van der Waals surface area contributed by atoms with Crippen LogP contribution in [-0.4, -0.2) is 99.1 Å². The summed E-state index contributed by atoms with van der Waals surface area (Å²) >= 11 is 0. The van der Waals surface area contributed by atoms with E-state index in [1.807, 2.05) is 0 Å². The van der Waals surface area contributed by atoms with Crippen LogP contribution in [0.1, 0.15) is 66.1 Å². The molecule has 1 spiro atoms. The van der Waals surface area contributed by atoms with Gasteiger partial charge in [0.15, 0.2) is 17.3 Å². The van der Waals surface area contributed by atoms with E-state index in [1.54, 1.807) is 26.8 Å². The molecule has 6 fully saturated rings. The minimum Gasteiger partial charge on any atom is -0.472 e. The first-order chi connectivity index (χ1) is 22.3. The summed E-state index contributed by atoms with van der Waals surface area (Å²) in [7, 11) is 1.10. The Morgan fingerprint density at radius 2 is 1.73 bits per heavy atom. The fraction of sp³-hybridized carbons (Fsp3) is 0.697. The molecule has 15 heteroatoms. The second kappa shape index (κ2) is 8.87. The molecule has 15 nitrogen and oxygen atoms in total. The van der Waals surface area contributed by atoms with Crippen LogP contribution in [0.4, 0.5) is 0 Å². The highest BCUT2D eigenvalue weighted by Gasteiger charge is 3.03. The molecule has 0 aromatic carbocycles. The van der Waals surface area contributed by atoms with Gasteiger partial charge in [-0.25, -0.2) is 9.59 Å². The summed E-state index contributed by atoms with van der Waals surface area (Å²) in [5.74, 6) is -6.59. The first kappa shape index (κ1) is 31.9. The van der Waals surface area contributed by atoms with E-state index in [-0.39, 0.29) is 18.4 Å². The van der Waals surface area contributed by atoms with Crippen LogP contribution in [-0.2, 0) is 52.3 Å². The van der Waals surface area contributed by atoms with Crippen LogP contribution in [0.15, 0.2) is 34.7 Å². The highest BCUT2D eigenvalue weighted by Crippen LogP contribution is 2.88. The van der Waals surface area contributed by atoms with Gasteiger partial charge in [0.05, 0.1) is 25.1 Å². The number of carbonyl (C=O) groups excluding carboxylic acids is 4. The minimum absolute atomic E-state index is 0.159. The number of aliphatic hydroxyl groups is 3. The highest BCUT2D eigenvalue weighted by molar-refractivity contribution is 5.86. The second-order valence-corrected chi connectivity index (χ2v) is 15.1.